The van der Waals surface area contributed by atoms with Crippen LogP contribution in [-0.4, -0.2) is 37.6 Å². The predicted octanol–water partition coefficient (Wildman–Crippen LogP) is 0.888. The summed E-state index contributed by atoms with van der Waals surface area (Å²) in [5, 5.41) is 8.92. The zero-order chi connectivity index (χ0) is 14.7. The number of anilines is 2. The molecule has 6 nitrogen and oxygen atoms in total. The fourth-order valence-corrected chi connectivity index (χ4v) is 2.63. The number of carbonyl (C=O) groups is 2. The van der Waals surface area contributed by atoms with E-state index in [-0.39, 0.29) is 17.9 Å². The summed E-state index contributed by atoms with van der Waals surface area (Å²) in [6.07, 6.45) is 1.49. The van der Waals surface area contributed by atoms with Crippen molar-refractivity contribution in [2.75, 3.05) is 30.3 Å². The smallest absolute Gasteiger partial charge is 0.227 e. The minimum Gasteiger partial charge on any atom is -0.375 e. The van der Waals surface area contributed by atoms with Crippen LogP contribution in [0, 0.1) is 0 Å². The maximum absolute atomic E-state index is 12.0. The van der Waals surface area contributed by atoms with Gasteiger partial charge in [-0.05, 0) is 30.2 Å². The van der Waals surface area contributed by atoms with Gasteiger partial charge in [0.1, 0.15) is 0 Å². The second-order valence-corrected chi connectivity index (χ2v) is 5.37. The number of morpholine rings is 1. The van der Waals surface area contributed by atoms with Gasteiger partial charge in [-0.15, -0.1) is 0 Å². The molecule has 0 saturated carbocycles. The van der Waals surface area contributed by atoms with Crippen molar-refractivity contribution < 1.29 is 14.3 Å². The van der Waals surface area contributed by atoms with E-state index >= 15 is 0 Å². The van der Waals surface area contributed by atoms with Crippen LogP contribution >= 0.6 is 0 Å². The molecule has 2 aliphatic heterocycles. The molecule has 3 N–H and O–H groups in total. The second kappa shape index (κ2) is 6.24. The number of nitrogens with one attached hydrogen (secondary N) is 3. The maximum atomic E-state index is 12.0. The fourth-order valence-electron chi connectivity index (χ4n) is 2.63. The largest absolute Gasteiger partial charge is 0.375 e. The Balaban J connectivity index is 1.59. The fraction of sp³-hybridized carbons (Fsp3) is 0.467. The highest BCUT2D eigenvalue weighted by Gasteiger charge is 2.18. The third-order valence-electron chi connectivity index (χ3n) is 3.70. The van der Waals surface area contributed by atoms with E-state index in [9.17, 15) is 9.59 Å². The van der Waals surface area contributed by atoms with E-state index in [0.717, 1.165) is 23.5 Å². The molecule has 0 aliphatic carbocycles. The van der Waals surface area contributed by atoms with Crippen LogP contribution in [0.1, 0.15) is 18.4 Å². The SMILES string of the molecule is O=C(CC1CNCCO1)Nc1ccc2c(c1)CCC(=O)N2. The molecule has 2 heterocycles. The summed E-state index contributed by atoms with van der Waals surface area (Å²) in [4.78, 5) is 23.3. The molecule has 1 aromatic carbocycles. The van der Waals surface area contributed by atoms with Crippen LogP contribution < -0.4 is 16.0 Å². The van der Waals surface area contributed by atoms with E-state index < -0.39 is 0 Å². The Morgan fingerprint density at radius 2 is 2.29 bits per heavy atom. The number of fused-ring (bicyclic) bond motifs is 1. The van der Waals surface area contributed by atoms with E-state index in [4.69, 9.17) is 4.74 Å². The van der Waals surface area contributed by atoms with E-state index in [1.807, 2.05) is 18.2 Å². The van der Waals surface area contributed by atoms with Gasteiger partial charge in [0.05, 0.1) is 19.1 Å². The molecule has 0 radical (unpaired) electrons. The molecule has 0 spiro atoms. The Morgan fingerprint density at radius 3 is 3.10 bits per heavy atom. The topological polar surface area (TPSA) is 79.5 Å². The highest BCUT2D eigenvalue weighted by molar-refractivity contribution is 5.95. The molecule has 2 amide bonds. The monoisotopic (exact) mass is 289 g/mol. The van der Waals surface area contributed by atoms with Crippen molar-refractivity contribution >= 4 is 23.2 Å². The van der Waals surface area contributed by atoms with Gasteiger partial charge >= 0.3 is 0 Å². The van der Waals surface area contributed by atoms with E-state index in [2.05, 4.69) is 16.0 Å². The summed E-state index contributed by atoms with van der Waals surface area (Å²) in [5.41, 5.74) is 2.66. The summed E-state index contributed by atoms with van der Waals surface area (Å²) in [6, 6.07) is 5.57. The van der Waals surface area contributed by atoms with Gasteiger partial charge < -0.3 is 20.7 Å². The van der Waals surface area contributed by atoms with Crippen molar-refractivity contribution in [3.8, 4) is 0 Å². The standard InChI is InChI=1S/C15H19N3O3/c19-14-4-1-10-7-11(2-3-13(10)18-14)17-15(20)8-12-9-16-5-6-21-12/h2-3,7,12,16H,1,4-6,8-9H2,(H,17,20)(H,18,19). The van der Waals surface area contributed by atoms with E-state index in [1.54, 1.807) is 0 Å². The van der Waals surface area contributed by atoms with E-state index in [1.165, 1.54) is 0 Å². The molecule has 6 heteroatoms. The molecule has 0 aromatic heterocycles. The van der Waals surface area contributed by atoms with Crippen LogP contribution in [0.15, 0.2) is 18.2 Å². The van der Waals surface area contributed by atoms with Gasteiger partial charge in [0, 0.05) is 30.9 Å². The second-order valence-electron chi connectivity index (χ2n) is 5.37. The van der Waals surface area contributed by atoms with Gasteiger partial charge in [0.25, 0.3) is 0 Å². The summed E-state index contributed by atoms with van der Waals surface area (Å²) < 4.78 is 5.52. The summed E-state index contributed by atoms with van der Waals surface area (Å²) in [5.74, 6) is -0.00951. The number of ether oxygens (including phenoxy) is 1. The Labute approximate surface area is 123 Å². The average Bonchev–Trinajstić information content (AvgIpc) is 2.48. The molecule has 1 unspecified atom stereocenters. The highest BCUT2D eigenvalue weighted by Crippen LogP contribution is 2.25. The predicted molar refractivity (Wildman–Crippen MR) is 79.2 cm³/mol. The normalized spacial score (nSPS) is 21.3. The van der Waals surface area contributed by atoms with Crippen LogP contribution in [0.4, 0.5) is 11.4 Å². The minimum absolute atomic E-state index is 0.0428. The molecular formula is C15H19N3O3. The average molecular weight is 289 g/mol. The number of amides is 2. The first-order valence-electron chi connectivity index (χ1n) is 7.25. The number of aryl methyl sites for hydroxylation is 1. The zero-order valence-corrected chi connectivity index (χ0v) is 11.8. The first-order valence-corrected chi connectivity index (χ1v) is 7.25. The first kappa shape index (κ1) is 14.0. The Hall–Kier alpha value is -1.92. The molecule has 1 saturated heterocycles. The quantitative estimate of drug-likeness (QED) is 0.772. The van der Waals surface area contributed by atoms with Gasteiger partial charge in [-0.1, -0.05) is 0 Å². The van der Waals surface area contributed by atoms with Gasteiger partial charge in [-0.3, -0.25) is 9.59 Å². The van der Waals surface area contributed by atoms with Crippen molar-refractivity contribution in [1.29, 1.82) is 0 Å². The lowest BCUT2D eigenvalue weighted by Crippen LogP contribution is -2.40. The lowest BCUT2D eigenvalue weighted by Gasteiger charge is -2.23. The van der Waals surface area contributed by atoms with Gasteiger partial charge in [-0.2, -0.15) is 0 Å². The molecule has 112 valence electrons. The van der Waals surface area contributed by atoms with Crippen LogP contribution in [0.3, 0.4) is 0 Å². The summed E-state index contributed by atoms with van der Waals surface area (Å²) in [7, 11) is 0. The van der Waals surface area contributed by atoms with Crippen LogP contribution in [-0.2, 0) is 20.7 Å². The number of rotatable bonds is 3. The molecule has 1 atom stereocenters. The third-order valence-corrected chi connectivity index (χ3v) is 3.70. The van der Waals surface area contributed by atoms with Crippen LogP contribution in [0.25, 0.3) is 0 Å². The summed E-state index contributed by atoms with van der Waals surface area (Å²) >= 11 is 0. The van der Waals surface area contributed by atoms with Gasteiger partial charge in [0.15, 0.2) is 0 Å². The van der Waals surface area contributed by atoms with Crippen molar-refractivity contribution in [1.82, 2.24) is 5.32 Å². The maximum Gasteiger partial charge on any atom is 0.227 e. The lowest BCUT2D eigenvalue weighted by atomic mass is 10.0. The molecule has 3 rings (SSSR count). The number of carbonyl (C=O) groups excluding carboxylic acids is 2. The zero-order valence-electron chi connectivity index (χ0n) is 11.8. The van der Waals surface area contributed by atoms with Gasteiger partial charge in [0.2, 0.25) is 11.8 Å². The highest BCUT2D eigenvalue weighted by atomic mass is 16.5. The minimum atomic E-state index is -0.0596. The van der Waals surface area contributed by atoms with Crippen molar-refractivity contribution in [3.63, 3.8) is 0 Å². The molecule has 2 aliphatic rings. The summed E-state index contributed by atoms with van der Waals surface area (Å²) in [6.45, 7) is 2.20. The Morgan fingerprint density at radius 1 is 1.38 bits per heavy atom. The molecule has 0 bridgehead atoms. The van der Waals surface area contributed by atoms with Crippen LogP contribution in [0.5, 0.6) is 0 Å². The van der Waals surface area contributed by atoms with Crippen molar-refractivity contribution in [2.24, 2.45) is 0 Å². The van der Waals surface area contributed by atoms with Crippen molar-refractivity contribution in [3.05, 3.63) is 23.8 Å². The Bertz CT molecular complexity index is 553. The third kappa shape index (κ3) is 3.59. The number of benzene rings is 1. The Kier molecular flexibility index (Phi) is 4.17. The lowest BCUT2D eigenvalue weighted by molar-refractivity contribution is -0.119. The van der Waals surface area contributed by atoms with E-state index in [0.29, 0.717) is 32.4 Å². The molecule has 21 heavy (non-hydrogen) atoms. The molecule has 1 fully saturated rings. The number of hydrogen-bond donors (Lipinski definition) is 3. The number of hydrogen-bond acceptors (Lipinski definition) is 4. The van der Waals surface area contributed by atoms with Crippen molar-refractivity contribution in [2.45, 2.75) is 25.4 Å². The molecular weight excluding hydrogens is 270 g/mol. The van der Waals surface area contributed by atoms with Gasteiger partial charge in [-0.25, -0.2) is 0 Å². The van der Waals surface area contributed by atoms with Crippen LogP contribution in [0.2, 0.25) is 0 Å². The molecule has 1 aromatic rings. The first-order chi connectivity index (χ1) is 10.2.